The molecule has 8 heteroatoms. The number of carbonyl (C=O) groups excluding carboxylic acids is 2. The van der Waals surface area contributed by atoms with Crippen LogP contribution in [0.5, 0.6) is 0 Å². The summed E-state index contributed by atoms with van der Waals surface area (Å²) < 4.78 is 19.8. The van der Waals surface area contributed by atoms with Crippen LogP contribution in [0.25, 0.3) is 5.69 Å². The first-order valence-corrected chi connectivity index (χ1v) is 7.99. The van der Waals surface area contributed by atoms with Gasteiger partial charge < -0.3 is 4.74 Å². The summed E-state index contributed by atoms with van der Waals surface area (Å²) in [6, 6.07) is 13.6. The molecule has 3 aromatic rings. The standard InChI is InChI=1S/C19H16FN3O4/c1-12-16(17(24)13-6-4-3-5-7-13)23(21-18(25)27-2)19(26)22(12)15-10-8-14(20)9-11-15/h3-11H,1-2H3,(H,21,25). The van der Waals surface area contributed by atoms with E-state index in [0.717, 1.165) is 11.8 Å². The van der Waals surface area contributed by atoms with Crippen LogP contribution >= 0.6 is 0 Å². The van der Waals surface area contributed by atoms with Crippen LogP contribution in [0.4, 0.5) is 9.18 Å². The topological polar surface area (TPSA) is 82.3 Å². The molecule has 0 saturated carbocycles. The van der Waals surface area contributed by atoms with Crippen LogP contribution in [0.3, 0.4) is 0 Å². The molecule has 0 aliphatic carbocycles. The van der Waals surface area contributed by atoms with Crippen molar-refractivity contribution in [3.63, 3.8) is 0 Å². The molecule has 1 aromatic heterocycles. The molecule has 0 bridgehead atoms. The lowest BCUT2D eigenvalue weighted by molar-refractivity contribution is 0.103. The van der Waals surface area contributed by atoms with Gasteiger partial charge in [0.2, 0.25) is 5.78 Å². The molecular formula is C19H16FN3O4. The molecule has 0 spiro atoms. The molecule has 7 nitrogen and oxygen atoms in total. The highest BCUT2D eigenvalue weighted by molar-refractivity contribution is 6.09. The minimum atomic E-state index is -0.907. The first kappa shape index (κ1) is 18.1. The monoisotopic (exact) mass is 369 g/mol. The molecule has 0 atom stereocenters. The van der Waals surface area contributed by atoms with Gasteiger partial charge in [0.15, 0.2) is 0 Å². The number of carbonyl (C=O) groups is 2. The van der Waals surface area contributed by atoms with Crippen LogP contribution in [0, 0.1) is 12.7 Å². The molecule has 1 heterocycles. The van der Waals surface area contributed by atoms with Crippen LogP contribution in [-0.2, 0) is 4.74 Å². The van der Waals surface area contributed by atoms with E-state index in [9.17, 15) is 18.8 Å². The van der Waals surface area contributed by atoms with E-state index in [0.29, 0.717) is 11.3 Å². The Morgan fingerprint density at radius 1 is 1.04 bits per heavy atom. The fourth-order valence-corrected chi connectivity index (χ4v) is 2.73. The number of nitrogens with one attached hydrogen (secondary N) is 1. The van der Waals surface area contributed by atoms with Gasteiger partial charge in [-0.05, 0) is 31.2 Å². The number of halogens is 1. The fourth-order valence-electron chi connectivity index (χ4n) is 2.73. The molecule has 3 rings (SSSR count). The Hall–Kier alpha value is -3.68. The molecule has 1 amide bonds. The molecule has 1 N–H and O–H groups in total. The molecule has 2 aromatic carbocycles. The Morgan fingerprint density at radius 2 is 1.67 bits per heavy atom. The predicted molar refractivity (Wildman–Crippen MR) is 96.4 cm³/mol. The van der Waals surface area contributed by atoms with Gasteiger partial charge in [0, 0.05) is 5.56 Å². The average molecular weight is 369 g/mol. The van der Waals surface area contributed by atoms with Crippen molar-refractivity contribution in [2.45, 2.75) is 6.92 Å². The van der Waals surface area contributed by atoms with Gasteiger partial charge >= 0.3 is 11.8 Å². The van der Waals surface area contributed by atoms with Crippen LogP contribution in [0.15, 0.2) is 59.4 Å². The summed E-state index contributed by atoms with van der Waals surface area (Å²) in [5.41, 5.74) is 2.52. The van der Waals surface area contributed by atoms with Gasteiger partial charge in [0.25, 0.3) is 0 Å². The maximum atomic E-state index is 13.2. The molecule has 0 unspecified atom stereocenters. The number of benzene rings is 2. The van der Waals surface area contributed by atoms with Gasteiger partial charge in [-0.2, -0.15) is 4.68 Å². The minimum Gasteiger partial charge on any atom is -0.452 e. The quantitative estimate of drug-likeness (QED) is 0.717. The average Bonchev–Trinajstić information content (AvgIpc) is 2.92. The summed E-state index contributed by atoms with van der Waals surface area (Å²) in [5.74, 6) is -0.917. The van der Waals surface area contributed by atoms with Gasteiger partial charge in [-0.25, -0.2) is 19.4 Å². The van der Waals surface area contributed by atoms with E-state index in [1.165, 1.54) is 28.8 Å². The highest BCUT2D eigenvalue weighted by atomic mass is 19.1. The van der Waals surface area contributed by atoms with Crippen molar-refractivity contribution in [2.75, 3.05) is 12.5 Å². The van der Waals surface area contributed by atoms with E-state index >= 15 is 0 Å². The molecule has 0 radical (unpaired) electrons. The van der Waals surface area contributed by atoms with Crippen LogP contribution in [0.2, 0.25) is 0 Å². The third-order valence-corrected chi connectivity index (χ3v) is 4.01. The summed E-state index contributed by atoms with van der Waals surface area (Å²) >= 11 is 0. The highest BCUT2D eigenvalue weighted by Crippen LogP contribution is 2.17. The maximum Gasteiger partial charge on any atom is 0.426 e. The zero-order valence-corrected chi connectivity index (χ0v) is 14.6. The van der Waals surface area contributed by atoms with Crippen molar-refractivity contribution in [1.29, 1.82) is 0 Å². The van der Waals surface area contributed by atoms with Crippen LogP contribution in [-0.4, -0.2) is 28.2 Å². The number of hydrogen-bond donors (Lipinski definition) is 1. The van der Waals surface area contributed by atoms with E-state index in [4.69, 9.17) is 0 Å². The lowest BCUT2D eigenvalue weighted by atomic mass is 10.1. The number of ketones is 1. The predicted octanol–water partition coefficient (Wildman–Crippen LogP) is 2.63. The van der Waals surface area contributed by atoms with Gasteiger partial charge in [-0.1, -0.05) is 30.3 Å². The van der Waals surface area contributed by atoms with Crippen molar-refractivity contribution < 1.29 is 18.7 Å². The van der Waals surface area contributed by atoms with Gasteiger partial charge in [0.1, 0.15) is 11.5 Å². The number of rotatable bonds is 4. The molecule has 27 heavy (non-hydrogen) atoms. The number of hydrogen-bond acceptors (Lipinski definition) is 4. The Bertz CT molecular complexity index is 1050. The van der Waals surface area contributed by atoms with E-state index in [1.54, 1.807) is 37.3 Å². The second kappa shape index (κ2) is 7.28. The molecule has 0 fully saturated rings. The fraction of sp³-hybridized carbons (Fsp3) is 0.105. The molecular weight excluding hydrogens is 353 g/mol. The maximum absolute atomic E-state index is 13.2. The third-order valence-electron chi connectivity index (χ3n) is 4.01. The van der Waals surface area contributed by atoms with E-state index < -0.39 is 23.4 Å². The number of nitrogens with zero attached hydrogens (tertiary/aromatic N) is 2. The van der Waals surface area contributed by atoms with Gasteiger partial charge in [0.05, 0.1) is 18.5 Å². The summed E-state index contributed by atoms with van der Waals surface area (Å²) in [6.07, 6.45) is -0.907. The van der Waals surface area contributed by atoms with Crippen molar-refractivity contribution >= 4 is 11.9 Å². The van der Waals surface area contributed by atoms with E-state index in [-0.39, 0.29) is 11.4 Å². The first-order valence-electron chi connectivity index (χ1n) is 7.99. The lowest BCUT2D eigenvalue weighted by Gasteiger charge is -2.08. The summed E-state index contributed by atoms with van der Waals surface area (Å²) in [6.45, 7) is 1.57. The summed E-state index contributed by atoms with van der Waals surface area (Å²) in [5, 5.41) is 0. The van der Waals surface area contributed by atoms with Crippen molar-refractivity contribution in [1.82, 2.24) is 9.24 Å². The second-order valence-electron chi connectivity index (χ2n) is 5.66. The smallest absolute Gasteiger partial charge is 0.426 e. The number of aromatic nitrogens is 2. The zero-order valence-electron chi connectivity index (χ0n) is 14.6. The minimum absolute atomic E-state index is 0.0269. The SMILES string of the molecule is COC(=O)Nn1c(C(=O)c2ccccc2)c(C)n(-c2ccc(F)cc2)c1=O. The van der Waals surface area contributed by atoms with Crippen LogP contribution in [0.1, 0.15) is 21.7 Å². The first-order chi connectivity index (χ1) is 12.9. The number of amides is 1. The number of ether oxygens (including phenoxy) is 1. The third kappa shape index (κ3) is 3.37. The van der Waals surface area contributed by atoms with Crippen molar-refractivity contribution in [3.8, 4) is 5.69 Å². The Kier molecular flexibility index (Phi) is 4.89. The Balaban J connectivity index is 2.23. The van der Waals surface area contributed by atoms with Gasteiger partial charge in [-0.15, -0.1) is 0 Å². The molecule has 0 saturated heterocycles. The Labute approximate surface area is 153 Å². The highest BCUT2D eigenvalue weighted by Gasteiger charge is 2.25. The van der Waals surface area contributed by atoms with Crippen molar-refractivity contribution in [3.05, 3.63) is 87.9 Å². The van der Waals surface area contributed by atoms with Crippen molar-refractivity contribution in [2.24, 2.45) is 0 Å². The normalized spacial score (nSPS) is 10.5. The summed E-state index contributed by atoms with van der Waals surface area (Å²) in [7, 11) is 1.14. The lowest BCUT2D eigenvalue weighted by Crippen LogP contribution is -2.35. The number of methoxy groups -OCH3 is 1. The zero-order chi connectivity index (χ0) is 19.6. The number of imidazole rings is 1. The van der Waals surface area contributed by atoms with Crippen LogP contribution < -0.4 is 11.1 Å². The summed E-state index contributed by atoms with van der Waals surface area (Å²) in [4.78, 5) is 37.6. The Morgan fingerprint density at radius 3 is 2.26 bits per heavy atom. The van der Waals surface area contributed by atoms with Gasteiger partial charge in [-0.3, -0.25) is 9.36 Å². The molecule has 138 valence electrons. The largest absolute Gasteiger partial charge is 0.452 e. The molecule has 0 aliphatic heterocycles. The van der Waals surface area contributed by atoms with E-state index in [1.807, 2.05) is 0 Å². The second-order valence-corrected chi connectivity index (χ2v) is 5.66. The van der Waals surface area contributed by atoms with E-state index in [2.05, 4.69) is 10.2 Å². The molecule has 0 aliphatic rings.